The van der Waals surface area contributed by atoms with Crippen LogP contribution in [0.5, 0.6) is 0 Å². The van der Waals surface area contributed by atoms with Crippen LogP contribution in [0.4, 0.5) is 13.2 Å². The van der Waals surface area contributed by atoms with Crippen molar-refractivity contribution in [3.8, 4) is 0 Å². The summed E-state index contributed by atoms with van der Waals surface area (Å²) in [5.41, 5.74) is 1.19. The molecule has 0 heterocycles. The first-order valence-corrected chi connectivity index (χ1v) is 4.91. The molecule has 0 bridgehead atoms. The first-order chi connectivity index (χ1) is 7.63. The Balaban J connectivity index is 2.59. The van der Waals surface area contributed by atoms with Crippen LogP contribution in [0.25, 0.3) is 0 Å². The van der Waals surface area contributed by atoms with Gasteiger partial charge in [0.2, 0.25) is 0 Å². The first-order valence-electron chi connectivity index (χ1n) is 4.91. The van der Waals surface area contributed by atoms with Crippen LogP contribution >= 0.6 is 0 Å². The van der Waals surface area contributed by atoms with Gasteiger partial charge >= 0.3 is 0 Å². The van der Waals surface area contributed by atoms with Crippen molar-refractivity contribution in [1.29, 1.82) is 0 Å². The number of ether oxygens (including phenoxy) is 1. The Morgan fingerprint density at radius 2 is 2.12 bits per heavy atom. The minimum atomic E-state index is -2.52. The van der Waals surface area contributed by atoms with Crippen LogP contribution in [-0.4, -0.2) is 20.1 Å². The van der Waals surface area contributed by atoms with Gasteiger partial charge in [-0.3, -0.25) is 0 Å². The Labute approximate surface area is 92.4 Å². The van der Waals surface area contributed by atoms with Crippen molar-refractivity contribution < 1.29 is 17.9 Å². The highest BCUT2D eigenvalue weighted by Crippen LogP contribution is 2.12. The van der Waals surface area contributed by atoms with Crippen LogP contribution in [0.2, 0.25) is 0 Å². The van der Waals surface area contributed by atoms with Crippen LogP contribution in [0.15, 0.2) is 18.2 Å². The lowest BCUT2D eigenvalue weighted by molar-refractivity contribution is 0.00900. The van der Waals surface area contributed by atoms with E-state index in [0.29, 0.717) is 12.1 Å². The Hall–Kier alpha value is -1.07. The molecule has 1 aromatic carbocycles. The van der Waals surface area contributed by atoms with Crippen molar-refractivity contribution in [1.82, 2.24) is 5.32 Å². The zero-order valence-corrected chi connectivity index (χ0v) is 8.97. The fourth-order valence-electron chi connectivity index (χ4n) is 1.31. The highest BCUT2D eigenvalue weighted by atomic mass is 19.3. The second-order valence-electron chi connectivity index (χ2n) is 3.36. The molecule has 90 valence electrons. The number of alkyl halides is 2. The lowest BCUT2D eigenvalue weighted by Crippen LogP contribution is -2.08. The minimum absolute atomic E-state index is 0.131. The van der Waals surface area contributed by atoms with Crippen LogP contribution in [0.3, 0.4) is 0 Å². The van der Waals surface area contributed by atoms with Gasteiger partial charge in [0, 0.05) is 12.1 Å². The number of hydrogen-bond acceptors (Lipinski definition) is 2. The van der Waals surface area contributed by atoms with E-state index >= 15 is 0 Å². The maximum Gasteiger partial charge on any atom is 0.261 e. The molecule has 0 aromatic heterocycles. The van der Waals surface area contributed by atoms with Crippen molar-refractivity contribution >= 4 is 0 Å². The number of hydrogen-bond donors (Lipinski definition) is 1. The molecular weight excluding hydrogens is 219 g/mol. The summed E-state index contributed by atoms with van der Waals surface area (Å²) in [7, 11) is 1.77. The molecule has 16 heavy (non-hydrogen) atoms. The van der Waals surface area contributed by atoms with Crippen molar-refractivity contribution in [3.05, 3.63) is 35.1 Å². The van der Waals surface area contributed by atoms with Crippen molar-refractivity contribution in [2.75, 3.05) is 13.7 Å². The van der Waals surface area contributed by atoms with E-state index in [1.54, 1.807) is 19.2 Å². The fourth-order valence-corrected chi connectivity index (χ4v) is 1.31. The van der Waals surface area contributed by atoms with Gasteiger partial charge in [0.1, 0.15) is 12.4 Å². The van der Waals surface area contributed by atoms with Gasteiger partial charge in [-0.05, 0) is 24.7 Å². The molecule has 0 amide bonds. The van der Waals surface area contributed by atoms with Gasteiger partial charge in [0.15, 0.2) is 0 Å². The summed E-state index contributed by atoms with van der Waals surface area (Å²) in [6, 6.07) is 4.56. The Kier molecular flexibility index (Phi) is 5.28. The van der Waals surface area contributed by atoms with Crippen LogP contribution in [0, 0.1) is 5.82 Å². The Bertz CT molecular complexity index is 331. The van der Waals surface area contributed by atoms with Gasteiger partial charge in [-0.15, -0.1) is 0 Å². The molecule has 0 aliphatic rings. The van der Waals surface area contributed by atoms with Crippen molar-refractivity contribution in [2.45, 2.75) is 19.6 Å². The molecule has 1 N–H and O–H groups in total. The number of benzene rings is 1. The highest BCUT2D eigenvalue weighted by Gasteiger charge is 2.06. The van der Waals surface area contributed by atoms with Gasteiger partial charge in [0.05, 0.1) is 6.61 Å². The van der Waals surface area contributed by atoms with Crippen molar-refractivity contribution in [2.24, 2.45) is 0 Å². The summed E-state index contributed by atoms with van der Waals surface area (Å²) in [5, 5.41) is 2.92. The molecule has 0 radical (unpaired) electrons. The molecule has 0 aliphatic heterocycles. The van der Waals surface area contributed by atoms with Gasteiger partial charge in [-0.2, -0.15) is 0 Å². The summed E-state index contributed by atoms with van der Waals surface area (Å²) >= 11 is 0. The lowest BCUT2D eigenvalue weighted by atomic mass is 10.1. The molecule has 0 saturated carbocycles. The lowest BCUT2D eigenvalue weighted by Gasteiger charge is -2.07. The molecule has 0 fully saturated rings. The van der Waals surface area contributed by atoms with Crippen molar-refractivity contribution in [3.63, 3.8) is 0 Å². The van der Waals surface area contributed by atoms with Crippen LogP contribution in [0.1, 0.15) is 11.1 Å². The summed E-state index contributed by atoms with van der Waals surface area (Å²) in [4.78, 5) is 0. The largest absolute Gasteiger partial charge is 0.371 e. The number of rotatable bonds is 6. The minimum Gasteiger partial charge on any atom is -0.371 e. The van der Waals surface area contributed by atoms with E-state index in [9.17, 15) is 13.2 Å². The van der Waals surface area contributed by atoms with E-state index in [4.69, 9.17) is 0 Å². The third-order valence-electron chi connectivity index (χ3n) is 1.99. The second kappa shape index (κ2) is 6.50. The molecule has 5 heteroatoms. The van der Waals surface area contributed by atoms with E-state index in [1.165, 1.54) is 6.07 Å². The molecule has 1 rings (SSSR count). The van der Waals surface area contributed by atoms with Gasteiger partial charge in [-0.1, -0.05) is 6.07 Å². The van der Waals surface area contributed by atoms with E-state index in [-0.39, 0.29) is 6.61 Å². The number of halogens is 3. The number of nitrogens with one attached hydrogen (secondary N) is 1. The zero-order valence-electron chi connectivity index (χ0n) is 8.97. The zero-order chi connectivity index (χ0) is 12.0. The summed E-state index contributed by atoms with van der Waals surface area (Å²) in [6.07, 6.45) is -2.52. The molecule has 1 aromatic rings. The average Bonchev–Trinajstić information content (AvgIpc) is 2.22. The molecular formula is C11H14F3NO. The van der Waals surface area contributed by atoms with Crippen LogP contribution < -0.4 is 5.32 Å². The maximum absolute atomic E-state index is 13.2. The smallest absolute Gasteiger partial charge is 0.261 e. The molecule has 0 aliphatic carbocycles. The summed E-state index contributed by atoms with van der Waals surface area (Å²) < 4.78 is 41.5. The monoisotopic (exact) mass is 233 g/mol. The topological polar surface area (TPSA) is 21.3 Å². The first kappa shape index (κ1) is 13.0. The average molecular weight is 233 g/mol. The molecule has 0 unspecified atom stereocenters. The normalized spacial score (nSPS) is 11.1. The molecule has 0 atom stereocenters. The Morgan fingerprint density at radius 3 is 2.75 bits per heavy atom. The van der Waals surface area contributed by atoms with Gasteiger partial charge in [-0.25, -0.2) is 13.2 Å². The fraction of sp³-hybridized carbons (Fsp3) is 0.455. The predicted octanol–water partition coefficient (Wildman–Crippen LogP) is 2.33. The quantitative estimate of drug-likeness (QED) is 0.814. The second-order valence-corrected chi connectivity index (χ2v) is 3.36. The summed E-state index contributed by atoms with van der Waals surface area (Å²) in [5.74, 6) is -0.436. The molecule has 2 nitrogen and oxygen atoms in total. The van der Waals surface area contributed by atoms with Gasteiger partial charge < -0.3 is 10.1 Å². The van der Waals surface area contributed by atoms with E-state index in [2.05, 4.69) is 10.1 Å². The third-order valence-corrected chi connectivity index (χ3v) is 1.99. The SMILES string of the molecule is CNCc1ccc(F)c(COCC(F)F)c1. The predicted molar refractivity (Wildman–Crippen MR) is 54.8 cm³/mol. The van der Waals surface area contributed by atoms with E-state index in [0.717, 1.165) is 5.56 Å². The third kappa shape index (κ3) is 4.20. The standard InChI is InChI=1S/C11H14F3NO/c1-15-5-8-2-3-10(12)9(4-8)6-16-7-11(13)14/h2-4,11,15H,5-7H2,1H3. The highest BCUT2D eigenvalue weighted by molar-refractivity contribution is 5.24. The van der Waals surface area contributed by atoms with E-state index in [1.807, 2.05) is 0 Å². The Morgan fingerprint density at radius 1 is 1.38 bits per heavy atom. The molecule has 0 spiro atoms. The molecule has 0 saturated heterocycles. The summed E-state index contributed by atoms with van der Waals surface area (Å²) in [6.45, 7) is -0.203. The van der Waals surface area contributed by atoms with E-state index < -0.39 is 18.8 Å². The maximum atomic E-state index is 13.2. The van der Waals surface area contributed by atoms with Crippen LogP contribution in [-0.2, 0) is 17.9 Å². The van der Waals surface area contributed by atoms with Gasteiger partial charge in [0.25, 0.3) is 6.43 Å².